The first-order valence-electron chi connectivity index (χ1n) is 6.53. The van der Waals surface area contributed by atoms with Crippen LogP contribution in [0.5, 0.6) is 11.5 Å². The molecule has 1 aromatic rings. The zero-order valence-corrected chi connectivity index (χ0v) is 14.0. The molecule has 0 radical (unpaired) electrons. The third-order valence-electron chi connectivity index (χ3n) is 2.95. The highest BCUT2D eigenvalue weighted by atomic mass is 79.9. The van der Waals surface area contributed by atoms with Gasteiger partial charge in [-0.05, 0) is 39.5 Å². The number of alkyl halides is 2. The van der Waals surface area contributed by atoms with E-state index in [1.165, 1.54) is 13.2 Å². The van der Waals surface area contributed by atoms with Gasteiger partial charge in [0, 0.05) is 6.54 Å². The molecular formula is C14H18BrF2NO4. The Hall–Kier alpha value is -1.41. The lowest BCUT2D eigenvalue weighted by molar-refractivity contribution is -0.140. The number of hydrogen-bond acceptors (Lipinski definition) is 4. The standard InChI is InChI=1S/C14H18BrF2NO4/c1-7(2)11(13(19)20)18-6-8-4-9(15)12(22-14(16)17)10(5-8)21-3/h4-5,7,11,14,18H,6H2,1-3H3,(H,19,20)/t11-/m1/s1. The van der Waals surface area contributed by atoms with Crippen LogP contribution in [0, 0.1) is 5.92 Å². The predicted molar refractivity (Wildman–Crippen MR) is 80.4 cm³/mol. The molecule has 0 amide bonds. The number of nitrogens with one attached hydrogen (secondary N) is 1. The van der Waals surface area contributed by atoms with Crippen molar-refractivity contribution in [2.75, 3.05) is 7.11 Å². The molecule has 8 heteroatoms. The van der Waals surface area contributed by atoms with Gasteiger partial charge in [-0.3, -0.25) is 4.79 Å². The molecule has 0 aliphatic rings. The summed E-state index contributed by atoms with van der Waals surface area (Å²) < 4.78 is 34.5. The van der Waals surface area contributed by atoms with Crippen LogP contribution in [0.4, 0.5) is 8.78 Å². The van der Waals surface area contributed by atoms with Crippen LogP contribution in [0.2, 0.25) is 0 Å². The Labute approximate surface area is 135 Å². The number of rotatable bonds is 8. The van der Waals surface area contributed by atoms with E-state index >= 15 is 0 Å². The number of benzene rings is 1. The van der Waals surface area contributed by atoms with E-state index in [-0.39, 0.29) is 24.0 Å². The van der Waals surface area contributed by atoms with Crippen molar-refractivity contribution in [1.82, 2.24) is 5.32 Å². The van der Waals surface area contributed by atoms with E-state index in [1.807, 2.05) is 0 Å². The number of hydrogen-bond donors (Lipinski definition) is 2. The molecule has 1 aromatic carbocycles. The molecule has 0 saturated carbocycles. The molecule has 0 bridgehead atoms. The molecule has 124 valence electrons. The number of methoxy groups -OCH3 is 1. The van der Waals surface area contributed by atoms with Crippen molar-refractivity contribution in [2.24, 2.45) is 5.92 Å². The van der Waals surface area contributed by atoms with E-state index in [1.54, 1.807) is 19.9 Å². The van der Waals surface area contributed by atoms with Crippen LogP contribution in [0.3, 0.4) is 0 Å². The molecule has 0 aliphatic heterocycles. The van der Waals surface area contributed by atoms with Gasteiger partial charge >= 0.3 is 12.6 Å². The van der Waals surface area contributed by atoms with Crippen molar-refractivity contribution in [2.45, 2.75) is 33.0 Å². The van der Waals surface area contributed by atoms with Gasteiger partial charge < -0.3 is 19.9 Å². The SMILES string of the molecule is COc1cc(CN[C@@H](C(=O)O)C(C)C)cc(Br)c1OC(F)F. The number of carboxylic acids is 1. The number of carboxylic acid groups (broad SMARTS) is 1. The molecule has 0 saturated heterocycles. The zero-order chi connectivity index (χ0) is 16.9. The van der Waals surface area contributed by atoms with E-state index < -0.39 is 18.6 Å². The second kappa shape index (κ2) is 8.28. The second-order valence-corrected chi connectivity index (χ2v) is 5.78. The van der Waals surface area contributed by atoms with Gasteiger partial charge in [0.2, 0.25) is 0 Å². The van der Waals surface area contributed by atoms with Crippen molar-refractivity contribution in [3.63, 3.8) is 0 Å². The Kier molecular flexibility index (Phi) is 7.02. The molecule has 0 fully saturated rings. The lowest BCUT2D eigenvalue weighted by Crippen LogP contribution is -2.40. The summed E-state index contributed by atoms with van der Waals surface area (Å²) in [6.45, 7) is 0.870. The van der Waals surface area contributed by atoms with E-state index in [9.17, 15) is 13.6 Å². The predicted octanol–water partition coefficient (Wildman–Crippen LogP) is 3.26. The fourth-order valence-corrected chi connectivity index (χ4v) is 2.50. The lowest BCUT2D eigenvalue weighted by Gasteiger charge is -2.19. The van der Waals surface area contributed by atoms with Crippen LogP contribution in [-0.2, 0) is 11.3 Å². The van der Waals surface area contributed by atoms with Crippen LogP contribution in [0.25, 0.3) is 0 Å². The average molecular weight is 382 g/mol. The minimum atomic E-state index is -2.97. The molecule has 22 heavy (non-hydrogen) atoms. The summed E-state index contributed by atoms with van der Waals surface area (Å²) in [5, 5.41) is 12.0. The molecule has 2 N–H and O–H groups in total. The maximum Gasteiger partial charge on any atom is 0.387 e. The van der Waals surface area contributed by atoms with Crippen LogP contribution >= 0.6 is 15.9 Å². The number of aliphatic carboxylic acids is 1. The van der Waals surface area contributed by atoms with E-state index in [2.05, 4.69) is 26.0 Å². The largest absolute Gasteiger partial charge is 0.493 e. The Morgan fingerprint density at radius 2 is 2.05 bits per heavy atom. The van der Waals surface area contributed by atoms with Crippen molar-refractivity contribution in [3.8, 4) is 11.5 Å². The number of carbonyl (C=O) groups is 1. The minimum absolute atomic E-state index is 0.0933. The highest BCUT2D eigenvalue weighted by Gasteiger charge is 2.21. The van der Waals surface area contributed by atoms with Crippen LogP contribution in [0.1, 0.15) is 19.4 Å². The smallest absolute Gasteiger partial charge is 0.387 e. The molecular weight excluding hydrogens is 364 g/mol. The van der Waals surface area contributed by atoms with E-state index in [0.717, 1.165) is 0 Å². The van der Waals surface area contributed by atoms with Gasteiger partial charge in [-0.1, -0.05) is 13.8 Å². The summed E-state index contributed by atoms with van der Waals surface area (Å²) in [6.07, 6.45) is 0. The summed E-state index contributed by atoms with van der Waals surface area (Å²) in [6, 6.07) is 2.39. The molecule has 0 aromatic heterocycles. The third-order valence-corrected chi connectivity index (χ3v) is 3.54. The van der Waals surface area contributed by atoms with Crippen molar-refractivity contribution < 1.29 is 28.2 Å². The summed E-state index contributed by atoms with van der Waals surface area (Å²) in [5.74, 6) is -0.995. The normalized spacial score (nSPS) is 12.5. The zero-order valence-electron chi connectivity index (χ0n) is 12.4. The van der Waals surface area contributed by atoms with Crippen LogP contribution in [0.15, 0.2) is 16.6 Å². The van der Waals surface area contributed by atoms with Crippen molar-refractivity contribution in [3.05, 3.63) is 22.2 Å². The maximum atomic E-state index is 12.4. The van der Waals surface area contributed by atoms with Gasteiger partial charge in [0.15, 0.2) is 11.5 Å². The van der Waals surface area contributed by atoms with Gasteiger partial charge in [0.05, 0.1) is 11.6 Å². The molecule has 1 atom stereocenters. The Bertz CT molecular complexity index is 526. The van der Waals surface area contributed by atoms with Gasteiger partial charge in [0.25, 0.3) is 0 Å². The second-order valence-electron chi connectivity index (χ2n) is 4.93. The van der Waals surface area contributed by atoms with Crippen LogP contribution < -0.4 is 14.8 Å². The van der Waals surface area contributed by atoms with Crippen molar-refractivity contribution >= 4 is 21.9 Å². The summed E-state index contributed by atoms with van der Waals surface area (Å²) >= 11 is 3.15. The van der Waals surface area contributed by atoms with E-state index in [4.69, 9.17) is 9.84 Å². The maximum absolute atomic E-state index is 12.4. The monoisotopic (exact) mass is 381 g/mol. The quantitative estimate of drug-likeness (QED) is 0.723. The van der Waals surface area contributed by atoms with Crippen LogP contribution in [-0.4, -0.2) is 30.8 Å². The summed E-state index contributed by atoms with van der Waals surface area (Å²) in [7, 11) is 1.34. The molecule has 1 rings (SSSR count). The first kappa shape index (κ1) is 18.6. The fraction of sp³-hybridized carbons (Fsp3) is 0.500. The molecule has 0 unspecified atom stereocenters. The minimum Gasteiger partial charge on any atom is -0.493 e. The Morgan fingerprint density at radius 3 is 2.50 bits per heavy atom. The van der Waals surface area contributed by atoms with Crippen molar-refractivity contribution in [1.29, 1.82) is 0 Å². The first-order chi connectivity index (χ1) is 10.3. The Balaban J connectivity index is 2.93. The summed E-state index contributed by atoms with van der Waals surface area (Å²) in [4.78, 5) is 11.1. The lowest BCUT2D eigenvalue weighted by atomic mass is 10.0. The molecule has 5 nitrogen and oxygen atoms in total. The number of ether oxygens (including phenoxy) is 2. The third kappa shape index (κ3) is 5.10. The highest BCUT2D eigenvalue weighted by Crippen LogP contribution is 2.37. The molecule has 0 aliphatic carbocycles. The van der Waals surface area contributed by atoms with E-state index in [0.29, 0.717) is 10.0 Å². The highest BCUT2D eigenvalue weighted by molar-refractivity contribution is 9.10. The van der Waals surface area contributed by atoms with Gasteiger partial charge in [0.1, 0.15) is 6.04 Å². The Morgan fingerprint density at radius 1 is 1.41 bits per heavy atom. The first-order valence-corrected chi connectivity index (χ1v) is 7.33. The average Bonchev–Trinajstić information content (AvgIpc) is 2.40. The molecule has 0 spiro atoms. The topological polar surface area (TPSA) is 67.8 Å². The number of halogens is 3. The molecule has 0 heterocycles. The van der Waals surface area contributed by atoms with Gasteiger partial charge in [-0.25, -0.2) is 0 Å². The summed E-state index contributed by atoms with van der Waals surface area (Å²) in [5.41, 5.74) is 0.678. The fourth-order valence-electron chi connectivity index (χ4n) is 1.91. The van der Waals surface area contributed by atoms with Gasteiger partial charge in [-0.15, -0.1) is 0 Å². The van der Waals surface area contributed by atoms with Gasteiger partial charge in [-0.2, -0.15) is 8.78 Å².